The minimum atomic E-state index is 0.532. The molecule has 2 nitrogen and oxygen atoms in total. The first-order valence-electron chi connectivity index (χ1n) is 6.49. The summed E-state index contributed by atoms with van der Waals surface area (Å²) in [6.45, 7) is 9.82. The SMILES string of the molecule is CCOC1CC(NC(C)CCC(C)C)C1. The van der Waals surface area contributed by atoms with Gasteiger partial charge >= 0.3 is 0 Å². The van der Waals surface area contributed by atoms with E-state index >= 15 is 0 Å². The molecule has 0 amide bonds. The summed E-state index contributed by atoms with van der Waals surface area (Å²) in [5.41, 5.74) is 0. The molecule has 0 saturated heterocycles. The van der Waals surface area contributed by atoms with Crippen LogP contribution in [0.25, 0.3) is 0 Å². The van der Waals surface area contributed by atoms with Crippen LogP contribution in [0, 0.1) is 5.92 Å². The van der Waals surface area contributed by atoms with Crippen molar-refractivity contribution in [1.82, 2.24) is 5.32 Å². The minimum Gasteiger partial charge on any atom is -0.378 e. The maximum atomic E-state index is 5.55. The normalized spacial score (nSPS) is 27.8. The zero-order valence-corrected chi connectivity index (χ0v) is 10.8. The molecule has 1 unspecified atom stereocenters. The fourth-order valence-corrected chi connectivity index (χ4v) is 2.14. The quantitative estimate of drug-likeness (QED) is 0.702. The van der Waals surface area contributed by atoms with Gasteiger partial charge in [0.25, 0.3) is 0 Å². The van der Waals surface area contributed by atoms with Crippen molar-refractivity contribution in [3.63, 3.8) is 0 Å². The van der Waals surface area contributed by atoms with Gasteiger partial charge in [0.1, 0.15) is 0 Å². The van der Waals surface area contributed by atoms with Crippen LogP contribution in [0.5, 0.6) is 0 Å². The van der Waals surface area contributed by atoms with E-state index in [9.17, 15) is 0 Å². The van der Waals surface area contributed by atoms with Gasteiger partial charge in [0.15, 0.2) is 0 Å². The third-order valence-electron chi connectivity index (χ3n) is 3.19. The van der Waals surface area contributed by atoms with Crippen molar-refractivity contribution in [2.75, 3.05) is 6.61 Å². The van der Waals surface area contributed by atoms with E-state index in [1.807, 2.05) is 0 Å². The molecule has 1 aliphatic carbocycles. The van der Waals surface area contributed by atoms with Gasteiger partial charge in [0.2, 0.25) is 0 Å². The Bertz CT molecular complexity index is 164. The lowest BCUT2D eigenvalue weighted by molar-refractivity contribution is -0.0122. The molecule has 90 valence electrons. The Labute approximate surface area is 94.8 Å². The van der Waals surface area contributed by atoms with Crippen molar-refractivity contribution in [3.05, 3.63) is 0 Å². The zero-order chi connectivity index (χ0) is 11.3. The number of ether oxygens (including phenoxy) is 1. The summed E-state index contributed by atoms with van der Waals surface area (Å²) in [4.78, 5) is 0. The molecule has 15 heavy (non-hydrogen) atoms. The van der Waals surface area contributed by atoms with E-state index in [2.05, 4.69) is 33.0 Å². The van der Waals surface area contributed by atoms with Crippen LogP contribution in [-0.4, -0.2) is 24.8 Å². The maximum absolute atomic E-state index is 5.55. The van der Waals surface area contributed by atoms with Crippen molar-refractivity contribution >= 4 is 0 Å². The molecular formula is C13H27NO. The highest BCUT2D eigenvalue weighted by Gasteiger charge is 2.29. The van der Waals surface area contributed by atoms with Crippen LogP contribution < -0.4 is 5.32 Å². The van der Waals surface area contributed by atoms with Gasteiger partial charge in [-0.15, -0.1) is 0 Å². The topological polar surface area (TPSA) is 21.3 Å². The monoisotopic (exact) mass is 213 g/mol. The first kappa shape index (κ1) is 13.0. The summed E-state index contributed by atoms with van der Waals surface area (Å²) < 4.78 is 5.55. The molecule has 0 aliphatic heterocycles. The van der Waals surface area contributed by atoms with Gasteiger partial charge in [-0.3, -0.25) is 0 Å². The lowest BCUT2D eigenvalue weighted by atomic mass is 9.88. The van der Waals surface area contributed by atoms with Gasteiger partial charge in [0.05, 0.1) is 6.10 Å². The van der Waals surface area contributed by atoms with Crippen LogP contribution in [0.15, 0.2) is 0 Å². The molecule has 0 heterocycles. The van der Waals surface area contributed by atoms with Gasteiger partial charge in [-0.1, -0.05) is 13.8 Å². The fraction of sp³-hybridized carbons (Fsp3) is 1.00. The smallest absolute Gasteiger partial charge is 0.0604 e. The second-order valence-corrected chi connectivity index (χ2v) is 5.28. The van der Waals surface area contributed by atoms with Crippen LogP contribution in [0.4, 0.5) is 0 Å². The molecule has 0 spiro atoms. The average Bonchev–Trinajstić information content (AvgIpc) is 2.11. The van der Waals surface area contributed by atoms with Crippen molar-refractivity contribution in [3.8, 4) is 0 Å². The lowest BCUT2D eigenvalue weighted by Crippen LogP contribution is -2.48. The van der Waals surface area contributed by atoms with E-state index in [-0.39, 0.29) is 0 Å². The molecule has 1 aliphatic rings. The molecule has 1 rings (SSSR count). The predicted molar refractivity (Wildman–Crippen MR) is 65.1 cm³/mol. The predicted octanol–water partition coefficient (Wildman–Crippen LogP) is 2.97. The molecular weight excluding hydrogens is 186 g/mol. The Morgan fingerprint density at radius 3 is 2.40 bits per heavy atom. The zero-order valence-electron chi connectivity index (χ0n) is 10.8. The average molecular weight is 213 g/mol. The second kappa shape index (κ2) is 6.49. The summed E-state index contributed by atoms with van der Waals surface area (Å²) in [5.74, 6) is 0.826. The van der Waals surface area contributed by atoms with Gasteiger partial charge in [-0.25, -0.2) is 0 Å². The highest BCUT2D eigenvalue weighted by molar-refractivity contribution is 4.87. The van der Waals surface area contributed by atoms with Crippen molar-refractivity contribution in [2.24, 2.45) is 5.92 Å². The second-order valence-electron chi connectivity index (χ2n) is 5.28. The Balaban J connectivity index is 2.00. The van der Waals surface area contributed by atoms with E-state index in [4.69, 9.17) is 4.74 Å². The molecule has 1 saturated carbocycles. The van der Waals surface area contributed by atoms with Crippen molar-refractivity contribution in [1.29, 1.82) is 0 Å². The third-order valence-corrected chi connectivity index (χ3v) is 3.19. The van der Waals surface area contributed by atoms with E-state index in [1.54, 1.807) is 0 Å². The van der Waals surface area contributed by atoms with Crippen LogP contribution in [0.3, 0.4) is 0 Å². The van der Waals surface area contributed by atoms with Gasteiger partial charge in [0, 0.05) is 18.7 Å². The molecule has 0 aromatic carbocycles. The van der Waals surface area contributed by atoms with Crippen molar-refractivity contribution < 1.29 is 4.74 Å². The molecule has 0 radical (unpaired) electrons. The van der Waals surface area contributed by atoms with Crippen LogP contribution >= 0.6 is 0 Å². The number of hydrogen-bond donors (Lipinski definition) is 1. The molecule has 2 heteroatoms. The van der Waals surface area contributed by atoms with Crippen LogP contribution in [0.1, 0.15) is 53.4 Å². The van der Waals surface area contributed by atoms with E-state index < -0.39 is 0 Å². The van der Waals surface area contributed by atoms with E-state index in [1.165, 1.54) is 25.7 Å². The summed E-state index contributed by atoms with van der Waals surface area (Å²) >= 11 is 0. The molecule has 1 atom stereocenters. The summed E-state index contributed by atoms with van der Waals surface area (Å²) in [5, 5.41) is 3.68. The molecule has 1 N–H and O–H groups in total. The summed E-state index contributed by atoms with van der Waals surface area (Å²) in [7, 11) is 0. The Kier molecular flexibility index (Phi) is 5.62. The highest BCUT2D eigenvalue weighted by Crippen LogP contribution is 2.24. The number of hydrogen-bond acceptors (Lipinski definition) is 2. The molecule has 0 aromatic rings. The third kappa shape index (κ3) is 4.98. The van der Waals surface area contributed by atoms with Crippen LogP contribution in [-0.2, 0) is 4.74 Å². The number of rotatable bonds is 7. The summed E-state index contributed by atoms with van der Waals surface area (Å²) in [6, 6.07) is 1.38. The van der Waals surface area contributed by atoms with E-state index in [0.717, 1.165) is 12.5 Å². The van der Waals surface area contributed by atoms with Crippen molar-refractivity contribution in [2.45, 2.75) is 71.6 Å². The number of nitrogens with one attached hydrogen (secondary N) is 1. The standard InChI is InChI=1S/C13H27NO/c1-5-15-13-8-12(9-13)14-11(4)7-6-10(2)3/h10-14H,5-9H2,1-4H3. The van der Waals surface area contributed by atoms with Gasteiger partial charge in [-0.2, -0.15) is 0 Å². The fourth-order valence-electron chi connectivity index (χ4n) is 2.14. The largest absolute Gasteiger partial charge is 0.378 e. The molecule has 0 aromatic heterocycles. The van der Waals surface area contributed by atoms with E-state index in [0.29, 0.717) is 18.2 Å². The Morgan fingerprint density at radius 2 is 1.87 bits per heavy atom. The first-order chi connectivity index (χ1) is 7.11. The summed E-state index contributed by atoms with van der Waals surface area (Å²) in [6.07, 6.45) is 5.58. The van der Waals surface area contributed by atoms with Crippen LogP contribution in [0.2, 0.25) is 0 Å². The first-order valence-corrected chi connectivity index (χ1v) is 6.49. The van der Waals surface area contributed by atoms with Gasteiger partial charge < -0.3 is 10.1 Å². The highest BCUT2D eigenvalue weighted by atomic mass is 16.5. The van der Waals surface area contributed by atoms with Gasteiger partial charge in [-0.05, 0) is 45.4 Å². The lowest BCUT2D eigenvalue weighted by Gasteiger charge is -2.37. The maximum Gasteiger partial charge on any atom is 0.0604 e. The Hall–Kier alpha value is -0.0800. The minimum absolute atomic E-state index is 0.532. The molecule has 0 bridgehead atoms. The molecule has 1 fully saturated rings. The Morgan fingerprint density at radius 1 is 1.20 bits per heavy atom.